The Labute approximate surface area is 206 Å². The molecule has 36 heavy (non-hydrogen) atoms. The van der Waals surface area contributed by atoms with Gasteiger partial charge in [-0.3, -0.25) is 0 Å². The van der Waals surface area contributed by atoms with Gasteiger partial charge in [-0.2, -0.15) is 0 Å². The van der Waals surface area contributed by atoms with Crippen molar-refractivity contribution >= 4 is 5.97 Å². The van der Waals surface area contributed by atoms with Crippen molar-refractivity contribution in [1.82, 2.24) is 0 Å². The Morgan fingerprint density at radius 1 is 1.00 bits per heavy atom. The quantitative estimate of drug-likeness (QED) is 0.356. The number of carbonyl (C=O) groups is 1. The predicted octanol–water partition coefficient (Wildman–Crippen LogP) is 7.38. The number of alkyl halides is 4. The van der Waals surface area contributed by atoms with Crippen LogP contribution in [0.25, 0.3) is 0 Å². The zero-order valence-corrected chi connectivity index (χ0v) is 19.9. The zero-order chi connectivity index (χ0) is 26.1. The highest BCUT2D eigenvalue weighted by molar-refractivity contribution is 5.78. The molecule has 1 N–H and O–H groups in total. The highest BCUT2D eigenvalue weighted by Crippen LogP contribution is 2.50. The fraction of sp³-hybridized carbons (Fsp3) is 0.519. The first-order valence-corrected chi connectivity index (χ1v) is 12.1. The molecule has 0 heterocycles. The summed E-state index contributed by atoms with van der Waals surface area (Å²) in [6.45, 7) is 1.49. The van der Waals surface area contributed by atoms with Crippen molar-refractivity contribution in [2.75, 3.05) is 6.61 Å². The molecule has 0 saturated heterocycles. The first-order valence-electron chi connectivity index (χ1n) is 12.1. The summed E-state index contributed by atoms with van der Waals surface area (Å²) in [4.78, 5) is 11.5. The van der Waals surface area contributed by atoms with Gasteiger partial charge < -0.3 is 14.6 Å². The summed E-state index contributed by atoms with van der Waals surface area (Å²) in [5.74, 6) is -2.72. The lowest BCUT2D eigenvalue weighted by Crippen LogP contribution is -2.38. The van der Waals surface area contributed by atoms with E-state index in [0.717, 1.165) is 38.0 Å². The van der Waals surface area contributed by atoms with E-state index in [2.05, 4.69) is 4.74 Å². The summed E-state index contributed by atoms with van der Waals surface area (Å²) in [6.07, 6.45) is -0.640. The fourth-order valence-electron chi connectivity index (χ4n) is 5.27. The molecule has 2 aromatic carbocycles. The molecule has 0 unspecified atom stereocenters. The van der Waals surface area contributed by atoms with Gasteiger partial charge in [-0.15, -0.1) is 13.2 Å². The Morgan fingerprint density at radius 2 is 1.69 bits per heavy atom. The molecule has 2 aliphatic rings. The molecule has 0 radical (unpaired) electrons. The SMILES string of the molecule is C[C@](F)(C(=O)O)[C@H](c1cccc(OC[C@H]2CC[C@H](c3cc(OC(F)(F)F)ccc3F)CC2)c1)C1CC1. The monoisotopic (exact) mass is 512 g/mol. The summed E-state index contributed by atoms with van der Waals surface area (Å²) in [5.41, 5.74) is -1.55. The molecule has 0 aliphatic heterocycles. The van der Waals surface area contributed by atoms with Gasteiger partial charge in [0.15, 0.2) is 0 Å². The van der Waals surface area contributed by atoms with Crippen LogP contribution in [0.4, 0.5) is 22.0 Å². The van der Waals surface area contributed by atoms with Crippen LogP contribution in [0.5, 0.6) is 11.5 Å². The number of benzene rings is 2. The van der Waals surface area contributed by atoms with E-state index in [9.17, 15) is 27.5 Å². The highest BCUT2D eigenvalue weighted by atomic mass is 19.4. The minimum absolute atomic E-state index is 0.0120. The number of aliphatic carboxylic acids is 1. The normalized spacial score (nSPS) is 22.9. The molecular formula is C27H29F5O4. The number of rotatable bonds is 9. The molecular weight excluding hydrogens is 483 g/mol. The molecule has 2 atom stereocenters. The van der Waals surface area contributed by atoms with Crippen LogP contribution in [0, 0.1) is 17.7 Å². The number of ether oxygens (including phenoxy) is 2. The van der Waals surface area contributed by atoms with E-state index in [-0.39, 0.29) is 23.3 Å². The third kappa shape index (κ3) is 6.28. The number of hydrogen-bond donors (Lipinski definition) is 1. The standard InChI is InChI=1S/C27H29F5O4/c1-26(29,25(33)34)24(18-9-10-18)19-3-2-4-20(13-19)35-15-16-5-7-17(8-6-16)22-14-21(11-12-23(22)28)36-27(30,31)32/h2-4,11-14,16-18,24H,5-10,15H2,1H3,(H,33,34)/t16-,17-,24-,26+/m0/s1. The molecule has 0 spiro atoms. The number of carboxylic acid groups (broad SMARTS) is 1. The van der Waals surface area contributed by atoms with Gasteiger partial charge in [0.1, 0.15) is 17.3 Å². The van der Waals surface area contributed by atoms with E-state index >= 15 is 4.39 Å². The fourth-order valence-corrected chi connectivity index (χ4v) is 5.27. The lowest BCUT2D eigenvalue weighted by Gasteiger charge is -2.29. The first-order chi connectivity index (χ1) is 16.9. The molecule has 2 saturated carbocycles. The third-order valence-corrected chi connectivity index (χ3v) is 7.29. The number of carboxylic acids is 1. The van der Waals surface area contributed by atoms with Gasteiger partial charge >= 0.3 is 12.3 Å². The minimum Gasteiger partial charge on any atom is -0.493 e. The van der Waals surface area contributed by atoms with Gasteiger partial charge in [-0.1, -0.05) is 12.1 Å². The van der Waals surface area contributed by atoms with E-state index < -0.39 is 35.5 Å². The van der Waals surface area contributed by atoms with Crippen LogP contribution in [0.2, 0.25) is 0 Å². The van der Waals surface area contributed by atoms with Crippen molar-refractivity contribution in [2.24, 2.45) is 11.8 Å². The van der Waals surface area contributed by atoms with Gasteiger partial charge in [0, 0.05) is 5.92 Å². The second kappa shape index (κ2) is 10.3. The van der Waals surface area contributed by atoms with Crippen LogP contribution in [0.1, 0.15) is 68.4 Å². The number of halogens is 5. The second-order valence-corrected chi connectivity index (χ2v) is 10.0. The van der Waals surface area contributed by atoms with E-state index in [0.29, 0.717) is 43.6 Å². The summed E-state index contributed by atoms with van der Waals surface area (Å²) in [6, 6.07) is 10.0. The first kappa shape index (κ1) is 26.2. The molecule has 4 rings (SSSR count). The van der Waals surface area contributed by atoms with E-state index in [1.807, 2.05) is 0 Å². The second-order valence-electron chi connectivity index (χ2n) is 10.0. The Kier molecular flexibility index (Phi) is 7.48. The molecule has 2 aliphatic carbocycles. The third-order valence-electron chi connectivity index (χ3n) is 7.29. The molecule has 196 valence electrons. The molecule has 0 bridgehead atoms. The predicted molar refractivity (Wildman–Crippen MR) is 122 cm³/mol. The summed E-state index contributed by atoms with van der Waals surface area (Å²) in [7, 11) is 0. The van der Waals surface area contributed by atoms with Crippen LogP contribution in [0.15, 0.2) is 42.5 Å². The molecule has 2 fully saturated rings. The van der Waals surface area contributed by atoms with Crippen molar-refractivity contribution < 1.29 is 41.3 Å². The van der Waals surface area contributed by atoms with Crippen molar-refractivity contribution in [3.63, 3.8) is 0 Å². The van der Waals surface area contributed by atoms with Gasteiger partial charge in [0.2, 0.25) is 5.67 Å². The van der Waals surface area contributed by atoms with E-state index in [1.165, 1.54) is 0 Å². The largest absolute Gasteiger partial charge is 0.573 e. The lowest BCUT2D eigenvalue weighted by molar-refractivity contribution is -0.274. The van der Waals surface area contributed by atoms with Gasteiger partial charge in [-0.05, 0) is 105 Å². The van der Waals surface area contributed by atoms with Gasteiger partial charge in [0.05, 0.1) is 6.61 Å². The Hall–Kier alpha value is -2.84. The van der Waals surface area contributed by atoms with Gasteiger partial charge in [0.25, 0.3) is 0 Å². The maximum Gasteiger partial charge on any atom is 0.573 e. The highest BCUT2D eigenvalue weighted by Gasteiger charge is 2.50. The Morgan fingerprint density at radius 3 is 2.31 bits per heavy atom. The lowest BCUT2D eigenvalue weighted by atomic mass is 9.79. The smallest absolute Gasteiger partial charge is 0.493 e. The average Bonchev–Trinajstić information content (AvgIpc) is 3.63. The average molecular weight is 513 g/mol. The molecule has 0 amide bonds. The Balaban J connectivity index is 1.35. The summed E-state index contributed by atoms with van der Waals surface area (Å²) in [5, 5.41) is 9.39. The zero-order valence-electron chi connectivity index (χ0n) is 19.9. The molecule has 0 aromatic heterocycles. The van der Waals surface area contributed by atoms with Crippen LogP contribution in [-0.4, -0.2) is 29.7 Å². The maximum absolute atomic E-state index is 15.0. The number of hydrogen-bond acceptors (Lipinski definition) is 3. The molecule has 9 heteroatoms. The van der Waals surface area contributed by atoms with Crippen molar-refractivity contribution in [1.29, 1.82) is 0 Å². The molecule has 4 nitrogen and oxygen atoms in total. The summed E-state index contributed by atoms with van der Waals surface area (Å²) >= 11 is 0. The van der Waals surface area contributed by atoms with E-state index in [1.54, 1.807) is 24.3 Å². The van der Waals surface area contributed by atoms with Crippen LogP contribution in [0.3, 0.4) is 0 Å². The van der Waals surface area contributed by atoms with Crippen LogP contribution < -0.4 is 9.47 Å². The molecule has 2 aromatic rings. The van der Waals surface area contributed by atoms with Crippen molar-refractivity contribution in [3.05, 3.63) is 59.4 Å². The van der Waals surface area contributed by atoms with Crippen LogP contribution in [-0.2, 0) is 4.79 Å². The minimum atomic E-state index is -4.84. The van der Waals surface area contributed by atoms with Crippen molar-refractivity contribution in [3.8, 4) is 11.5 Å². The van der Waals surface area contributed by atoms with Gasteiger partial charge in [-0.25, -0.2) is 13.6 Å². The van der Waals surface area contributed by atoms with Crippen molar-refractivity contribution in [2.45, 2.75) is 69.3 Å². The maximum atomic E-state index is 15.0. The van der Waals surface area contributed by atoms with Crippen LogP contribution >= 0.6 is 0 Å². The Bertz CT molecular complexity index is 1070. The summed E-state index contributed by atoms with van der Waals surface area (Å²) < 4.78 is 76.8. The topological polar surface area (TPSA) is 55.8 Å². The van der Waals surface area contributed by atoms with E-state index in [4.69, 9.17) is 4.74 Å².